The van der Waals surface area contributed by atoms with Crippen molar-refractivity contribution < 1.29 is 4.79 Å². The van der Waals surface area contributed by atoms with E-state index in [-0.39, 0.29) is 5.91 Å². The Hall–Kier alpha value is -3.31. The summed E-state index contributed by atoms with van der Waals surface area (Å²) in [5, 5.41) is 4.63. The molecule has 3 heterocycles. The summed E-state index contributed by atoms with van der Waals surface area (Å²) in [6, 6.07) is 19.3. The molecule has 0 spiro atoms. The monoisotopic (exact) mass is 388 g/mol. The lowest BCUT2D eigenvalue weighted by molar-refractivity contribution is 0.0985. The van der Waals surface area contributed by atoms with Crippen LogP contribution in [0, 0.1) is 0 Å². The molecular weight excluding hydrogens is 372 g/mol. The van der Waals surface area contributed by atoms with Gasteiger partial charge in [-0.2, -0.15) is 5.10 Å². The van der Waals surface area contributed by atoms with Gasteiger partial charge >= 0.3 is 0 Å². The molecule has 28 heavy (non-hydrogen) atoms. The molecule has 1 amide bonds. The lowest BCUT2D eigenvalue weighted by atomic mass is 10.1. The van der Waals surface area contributed by atoms with E-state index in [4.69, 9.17) is 11.6 Å². The third-order valence-corrected chi connectivity index (χ3v) is 5.38. The van der Waals surface area contributed by atoms with Crippen LogP contribution in [0.2, 0.25) is 5.02 Å². The second-order valence-corrected chi connectivity index (χ2v) is 7.17. The minimum Gasteiger partial charge on any atom is -0.345 e. The van der Waals surface area contributed by atoms with Crippen molar-refractivity contribution in [2.45, 2.75) is 13.1 Å². The van der Waals surface area contributed by atoms with Gasteiger partial charge in [-0.3, -0.25) is 4.79 Å². The molecule has 0 atom stereocenters. The van der Waals surface area contributed by atoms with E-state index in [2.05, 4.69) is 21.8 Å². The molecule has 0 N–H and O–H groups in total. The van der Waals surface area contributed by atoms with Gasteiger partial charge in [0, 0.05) is 36.5 Å². The van der Waals surface area contributed by atoms with Gasteiger partial charge in [0.2, 0.25) is 0 Å². The first-order valence-corrected chi connectivity index (χ1v) is 9.42. The molecule has 0 fully saturated rings. The SMILES string of the molecule is O=C(c1ccc(-n2cccn2)cc1Cl)N1Cc2cccn2Cc2ccccc21. The Morgan fingerprint density at radius 2 is 1.86 bits per heavy atom. The van der Waals surface area contributed by atoms with E-state index in [1.165, 1.54) is 0 Å². The van der Waals surface area contributed by atoms with Crippen LogP contribution in [0.4, 0.5) is 5.69 Å². The van der Waals surface area contributed by atoms with Crippen molar-refractivity contribution in [3.63, 3.8) is 0 Å². The van der Waals surface area contributed by atoms with Crippen molar-refractivity contribution in [3.05, 3.63) is 101 Å². The quantitative estimate of drug-likeness (QED) is 0.506. The number of amides is 1. The normalized spacial score (nSPS) is 13.0. The zero-order chi connectivity index (χ0) is 19.1. The Kier molecular flexibility index (Phi) is 4.02. The number of rotatable bonds is 2. The average Bonchev–Trinajstić information content (AvgIpc) is 3.36. The third-order valence-electron chi connectivity index (χ3n) is 5.06. The Morgan fingerprint density at radius 1 is 0.964 bits per heavy atom. The number of carbonyl (C=O) groups is 1. The summed E-state index contributed by atoms with van der Waals surface area (Å²) in [6.07, 6.45) is 5.59. The Labute approximate surface area is 167 Å². The second kappa shape index (κ2) is 6.69. The maximum absolute atomic E-state index is 13.5. The number of aromatic nitrogens is 3. The van der Waals surface area contributed by atoms with E-state index in [9.17, 15) is 4.79 Å². The van der Waals surface area contributed by atoms with Gasteiger partial charge in [-0.25, -0.2) is 4.68 Å². The maximum atomic E-state index is 13.5. The molecular formula is C22H17ClN4O. The highest BCUT2D eigenvalue weighted by Crippen LogP contribution is 2.31. The summed E-state index contributed by atoms with van der Waals surface area (Å²) in [6.45, 7) is 1.24. The third kappa shape index (κ3) is 2.80. The fraction of sp³-hybridized carbons (Fsp3) is 0.0909. The predicted molar refractivity (Wildman–Crippen MR) is 109 cm³/mol. The fourth-order valence-corrected chi connectivity index (χ4v) is 3.91. The average molecular weight is 389 g/mol. The van der Waals surface area contributed by atoms with Crippen molar-refractivity contribution in [1.29, 1.82) is 0 Å². The van der Waals surface area contributed by atoms with Gasteiger partial charge in [0.1, 0.15) is 0 Å². The van der Waals surface area contributed by atoms with Crippen LogP contribution in [-0.2, 0) is 13.1 Å². The van der Waals surface area contributed by atoms with Crippen LogP contribution >= 0.6 is 11.6 Å². The summed E-state index contributed by atoms with van der Waals surface area (Å²) < 4.78 is 3.89. The molecule has 0 saturated carbocycles. The van der Waals surface area contributed by atoms with Crippen molar-refractivity contribution in [2.75, 3.05) is 4.90 Å². The number of benzene rings is 2. The van der Waals surface area contributed by atoms with E-state index in [1.807, 2.05) is 53.7 Å². The fourth-order valence-electron chi connectivity index (χ4n) is 3.65. The maximum Gasteiger partial charge on any atom is 0.260 e. The second-order valence-electron chi connectivity index (χ2n) is 6.76. The summed E-state index contributed by atoms with van der Waals surface area (Å²) in [5.41, 5.74) is 4.41. The van der Waals surface area contributed by atoms with Gasteiger partial charge in [0.05, 0.1) is 22.8 Å². The topological polar surface area (TPSA) is 43.1 Å². The van der Waals surface area contributed by atoms with Gasteiger partial charge in [-0.05, 0) is 48.0 Å². The van der Waals surface area contributed by atoms with E-state index in [0.717, 1.165) is 29.2 Å². The zero-order valence-corrected chi connectivity index (χ0v) is 15.8. The highest BCUT2D eigenvalue weighted by Gasteiger charge is 2.26. The van der Waals surface area contributed by atoms with Crippen LogP contribution in [0.25, 0.3) is 5.69 Å². The Balaban J connectivity index is 1.56. The van der Waals surface area contributed by atoms with Crippen LogP contribution in [-0.4, -0.2) is 20.3 Å². The van der Waals surface area contributed by atoms with Crippen LogP contribution in [0.1, 0.15) is 21.6 Å². The number of hydrogen-bond acceptors (Lipinski definition) is 2. The molecule has 2 aromatic carbocycles. The van der Waals surface area contributed by atoms with Crippen molar-refractivity contribution in [3.8, 4) is 5.69 Å². The van der Waals surface area contributed by atoms with Crippen LogP contribution in [0.15, 0.2) is 79.3 Å². The molecule has 5 rings (SSSR count). The number of carbonyl (C=O) groups excluding carboxylic acids is 1. The number of para-hydroxylation sites is 1. The van der Waals surface area contributed by atoms with Crippen LogP contribution in [0.3, 0.4) is 0 Å². The predicted octanol–water partition coefficient (Wildman–Crippen LogP) is 4.54. The molecule has 0 bridgehead atoms. The molecule has 1 aliphatic heterocycles. The van der Waals surface area contributed by atoms with Crippen LogP contribution < -0.4 is 4.90 Å². The van der Waals surface area contributed by atoms with E-state index in [0.29, 0.717) is 17.1 Å². The minimum atomic E-state index is -0.112. The Morgan fingerprint density at radius 3 is 2.68 bits per heavy atom. The van der Waals surface area contributed by atoms with Gasteiger partial charge in [0.15, 0.2) is 0 Å². The highest BCUT2D eigenvalue weighted by atomic mass is 35.5. The standard InChI is InChI=1S/C22H17ClN4O/c23-20-13-17(27-12-4-10-24-27)8-9-19(20)22(28)26-15-18-6-3-11-25(18)14-16-5-1-2-7-21(16)26/h1-13H,14-15H2. The first kappa shape index (κ1) is 16.8. The smallest absolute Gasteiger partial charge is 0.260 e. The van der Waals surface area contributed by atoms with Crippen molar-refractivity contribution in [2.24, 2.45) is 0 Å². The molecule has 6 heteroatoms. The summed E-state index contributed by atoms with van der Waals surface area (Å²) in [7, 11) is 0. The molecule has 5 nitrogen and oxygen atoms in total. The molecule has 4 aromatic rings. The molecule has 0 aliphatic carbocycles. The molecule has 0 unspecified atom stereocenters. The number of nitrogens with zero attached hydrogens (tertiary/aromatic N) is 4. The van der Waals surface area contributed by atoms with Gasteiger partial charge < -0.3 is 9.47 Å². The molecule has 1 aliphatic rings. The molecule has 0 saturated heterocycles. The zero-order valence-electron chi connectivity index (χ0n) is 15.0. The summed E-state index contributed by atoms with van der Waals surface area (Å²) in [5.74, 6) is -0.112. The first-order valence-electron chi connectivity index (χ1n) is 9.04. The van der Waals surface area contributed by atoms with Crippen LogP contribution in [0.5, 0.6) is 0 Å². The summed E-state index contributed by atoms with van der Waals surface area (Å²) >= 11 is 6.51. The highest BCUT2D eigenvalue weighted by molar-refractivity contribution is 6.34. The van der Waals surface area contributed by atoms with E-state index >= 15 is 0 Å². The van der Waals surface area contributed by atoms with E-state index in [1.54, 1.807) is 23.0 Å². The lowest BCUT2D eigenvalue weighted by Crippen LogP contribution is -2.30. The first-order chi connectivity index (χ1) is 13.7. The molecule has 2 aromatic heterocycles. The molecule has 0 radical (unpaired) electrons. The largest absolute Gasteiger partial charge is 0.345 e. The summed E-state index contributed by atoms with van der Waals surface area (Å²) in [4.78, 5) is 15.3. The number of anilines is 1. The van der Waals surface area contributed by atoms with Gasteiger partial charge in [-0.1, -0.05) is 29.8 Å². The lowest BCUT2D eigenvalue weighted by Gasteiger charge is -2.23. The van der Waals surface area contributed by atoms with Gasteiger partial charge in [0.25, 0.3) is 5.91 Å². The van der Waals surface area contributed by atoms with Crippen molar-refractivity contribution >= 4 is 23.2 Å². The molecule has 138 valence electrons. The van der Waals surface area contributed by atoms with E-state index < -0.39 is 0 Å². The van der Waals surface area contributed by atoms with Gasteiger partial charge in [-0.15, -0.1) is 0 Å². The van der Waals surface area contributed by atoms with Crippen molar-refractivity contribution in [1.82, 2.24) is 14.3 Å². The number of fused-ring (bicyclic) bond motifs is 2. The number of halogens is 1. The Bertz CT molecular complexity index is 1160. The minimum absolute atomic E-state index is 0.112. The number of hydrogen-bond donors (Lipinski definition) is 0.